The average molecular weight is 973 g/mol. The highest BCUT2D eigenvalue weighted by Gasteiger charge is 2.36. The average Bonchev–Trinajstić information content (AvgIpc) is 3.86. The molecular weight excluding hydrogens is 893 g/mol. The van der Waals surface area contributed by atoms with E-state index in [0.717, 1.165) is 23.5 Å². The van der Waals surface area contributed by atoms with Gasteiger partial charge in [0.05, 0.1) is 0 Å². The lowest BCUT2D eigenvalue weighted by atomic mass is 9.74. The summed E-state index contributed by atoms with van der Waals surface area (Å²) >= 11 is 0. The maximum absolute atomic E-state index is 5.79. The van der Waals surface area contributed by atoms with E-state index in [1.54, 1.807) is 5.56 Å². The molecule has 1 heteroatoms. The zero-order chi connectivity index (χ0) is 52.7. The van der Waals surface area contributed by atoms with Gasteiger partial charge in [-0.1, -0.05) is 247 Å². The Balaban J connectivity index is 0.000000128. The molecule has 9 aromatic carbocycles. The van der Waals surface area contributed by atoms with Gasteiger partial charge in [0.2, 0.25) is 0 Å². The van der Waals surface area contributed by atoms with Gasteiger partial charge in [0.15, 0.2) is 0 Å². The van der Waals surface area contributed by atoms with Crippen molar-refractivity contribution >= 4 is 32.7 Å². The molecule has 0 amide bonds. The Hall–Kier alpha value is -6.96. The van der Waals surface area contributed by atoms with Gasteiger partial charge in [0.25, 0.3) is 0 Å². The Morgan fingerprint density at radius 2 is 1.07 bits per heavy atom. The number of rotatable bonds is 5. The summed E-state index contributed by atoms with van der Waals surface area (Å²) in [5, 5.41) is 5.27. The third kappa shape index (κ3) is 11.7. The van der Waals surface area contributed by atoms with Crippen molar-refractivity contribution in [2.45, 2.75) is 139 Å². The minimum atomic E-state index is 0.0888. The number of para-hydroxylation sites is 1. The van der Waals surface area contributed by atoms with Crippen molar-refractivity contribution in [2.75, 3.05) is 0 Å². The van der Waals surface area contributed by atoms with E-state index in [4.69, 9.17) is 4.42 Å². The van der Waals surface area contributed by atoms with Gasteiger partial charge in [-0.2, -0.15) is 0 Å². The second-order valence-corrected chi connectivity index (χ2v) is 22.2. The highest BCUT2D eigenvalue weighted by Crippen LogP contribution is 2.52. The molecule has 0 N–H and O–H groups in total. The molecule has 0 unspecified atom stereocenters. The van der Waals surface area contributed by atoms with Crippen LogP contribution in [0.15, 0.2) is 186 Å². The highest BCUT2D eigenvalue weighted by atomic mass is 16.3. The van der Waals surface area contributed by atoms with Gasteiger partial charge in [-0.3, -0.25) is 0 Å². The summed E-state index contributed by atoms with van der Waals surface area (Å²) in [6.07, 6.45) is 5.16. The van der Waals surface area contributed by atoms with Crippen molar-refractivity contribution in [3.8, 4) is 22.3 Å². The normalized spacial score (nSPS) is 13.1. The van der Waals surface area contributed by atoms with Crippen LogP contribution in [-0.2, 0) is 11.8 Å². The first kappa shape index (κ1) is 53.3. The summed E-state index contributed by atoms with van der Waals surface area (Å²) in [6.45, 7) is 28.9. The predicted octanol–water partition coefficient (Wildman–Crippen LogP) is 21.4. The van der Waals surface area contributed by atoms with Crippen molar-refractivity contribution < 1.29 is 4.42 Å². The topological polar surface area (TPSA) is 13.1 Å². The third-order valence-electron chi connectivity index (χ3n) is 15.5. The van der Waals surface area contributed by atoms with Crippen LogP contribution in [0.5, 0.6) is 0 Å². The fraction of sp³-hybridized carbons (Fsp3) is 0.288. The van der Waals surface area contributed by atoms with E-state index in [9.17, 15) is 0 Å². The summed E-state index contributed by atoms with van der Waals surface area (Å²) in [4.78, 5) is 0. The number of benzene rings is 9. The molecular formula is C73H80O. The van der Waals surface area contributed by atoms with Crippen molar-refractivity contribution in [3.63, 3.8) is 0 Å². The molecule has 12 rings (SSSR count). The molecule has 0 spiro atoms. The molecule has 1 nitrogen and oxygen atoms in total. The summed E-state index contributed by atoms with van der Waals surface area (Å²) in [6, 6.07) is 65.5. The van der Waals surface area contributed by atoms with E-state index >= 15 is 0 Å². The number of hydrogen-bond donors (Lipinski definition) is 0. The second kappa shape index (κ2) is 23.5. The van der Waals surface area contributed by atoms with Gasteiger partial charge in [0.1, 0.15) is 11.2 Å². The molecule has 10 aromatic rings. The van der Waals surface area contributed by atoms with Crippen LogP contribution in [0, 0.1) is 41.5 Å². The SMILES string of the molecule is CCc1cccc2oc3ccccc3c12.Cc1ccc(C(C)C)cc1.Cc1ccc2c(c1)C(C)(C)c1cc(C)c3ccccc3c1-2.Cc1cccc(C)c1.Cc1ccccc1-c1c(C(C)C)cccc1C1CCC1. The monoisotopic (exact) mass is 973 g/mol. The van der Waals surface area contributed by atoms with Crippen LogP contribution in [0.3, 0.4) is 0 Å². The van der Waals surface area contributed by atoms with E-state index in [2.05, 4.69) is 254 Å². The Labute approximate surface area is 444 Å². The second-order valence-electron chi connectivity index (χ2n) is 22.2. The molecule has 74 heavy (non-hydrogen) atoms. The number of hydrogen-bond acceptors (Lipinski definition) is 1. The molecule has 0 atom stereocenters. The summed E-state index contributed by atoms with van der Waals surface area (Å²) in [5.41, 5.74) is 24.8. The maximum atomic E-state index is 5.79. The van der Waals surface area contributed by atoms with Gasteiger partial charge < -0.3 is 4.42 Å². The molecule has 0 aliphatic heterocycles. The molecule has 2 aliphatic rings. The molecule has 1 saturated carbocycles. The number of aryl methyl sites for hydroxylation is 7. The van der Waals surface area contributed by atoms with Gasteiger partial charge in [-0.15, -0.1) is 0 Å². The van der Waals surface area contributed by atoms with E-state index in [-0.39, 0.29) is 5.41 Å². The molecule has 0 bridgehead atoms. The minimum absolute atomic E-state index is 0.0888. The third-order valence-corrected chi connectivity index (χ3v) is 15.5. The lowest BCUT2D eigenvalue weighted by Gasteiger charge is -2.30. The van der Waals surface area contributed by atoms with E-state index < -0.39 is 0 Å². The first-order valence-electron chi connectivity index (χ1n) is 27.4. The molecule has 378 valence electrons. The summed E-state index contributed by atoms with van der Waals surface area (Å²) in [5.74, 6) is 2.01. The van der Waals surface area contributed by atoms with Crippen molar-refractivity contribution in [3.05, 3.63) is 249 Å². The van der Waals surface area contributed by atoms with Crippen LogP contribution in [-0.4, -0.2) is 0 Å². The standard InChI is InChI=1S/C21H20.C20H24.C14H12O.C10H14.C8H10/c1-13-9-10-17-18(11-13)21(3,4)19-12-14(2)15-7-5-6-8-16(15)20(17)19;1-14(2)17-12-7-13-19(16-9-6-10-16)20(17)18-11-5-4-8-15(18)3;1-2-10-6-5-9-13-14(10)11-7-3-4-8-12(11)15-13;1-8(2)10-6-4-9(3)5-7-10;1-7-4-3-5-8(2)6-7/h5-12H,1-4H3;4-5,7-8,11-14,16H,6,9-10H2,1-3H3;3-9H,2H2,1H3;4-8H,1-3H3;3-6H,1-2H3. The molecule has 2 aliphatic carbocycles. The zero-order valence-corrected chi connectivity index (χ0v) is 46.8. The van der Waals surface area contributed by atoms with Crippen molar-refractivity contribution in [1.82, 2.24) is 0 Å². The van der Waals surface area contributed by atoms with Crippen molar-refractivity contribution in [2.24, 2.45) is 0 Å². The quantitative estimate of drug-likeness (QED) is 0.168. The van der Waals surface area contributed by atoms with Gasteiger partial charge in [-0.05, 0) is 168 Å². The van der Waals surface area contributed by atoms with Crippen molar-refractivity contribution in [1.29, 1.82) is 0 Å². The van der Waals surface area contributed by atoms with Crippen LogP contribution < -0.4 is 0 Å². The first-order chi connectivity index (χ1) is 35.6. The Morgan fingerprint density at radius 3 is 1.69 bits per heavy atom. The van der Waals surface area contributed by atoms with Crippen LogP contribution in [0.4, 0.5) is 0 Å². The lowest BCUT2D eigenvalue weighted by Crippen LogP contribution is -2.15. The lowest BCUT2D eigenvalue weighted by molar-refractivity contribution is 0.420. The smallest absolute Gasteiger partial charge is 0.135 e. The number of furan rings is 1. The summed E-state index contributed by atoms with van der Waals surface area (Å²) in [7, 11) is 0. The Kier molecular flexibility index (Phi) is 16.9. The largest absolute Gasteiger partial charge is 0.456 e. The summed E-state index contributed by atoms with van der Waals surface area (Å²) < 4.78 is 5.79. The highest BCUT2D eigenvalue weighted by molar-refractivity contribution is 6.07. The van der Waals surface area contributed by atoms with E-state index in [1.807, 2.05) is 18.2 Å². The number of fused-ring (bicyclic) bond motifs is 8. The Morgan fingerprint density at radius 1 is 0.473 bits per heavy atom. The fourth-order valence-corrected chi connectivity index (χ4v) is 11.1. The van der Waals surface area contributed by atoms with Gasteiger partial charge in [-0.25, -0.2) is 0 Å². The minimum Gasteiger partial charge on any atom is -0.456 e. The molecule has 1 heterocycles. The molecule has 0 saturated heterocycles. The molecule has 1 aromatic heterocycles. The van der Waals surface area contributed by atoms with Gasteiger partial charge in [0, 0.05) is 16.2 Å². The Bertz CT molecular complexity index is 3480. The maximum Gasteiger partial charge on any atom is 0.135 e. The first-order valence-corrected chi connectivity index (χ1v) is 27.4. The predicted molar refractivity (Wildman–Crippen MR) is 323 cm³/mol. The molecule has 0 radical (unpaired) electrons. The van der Waals surface area contributed by atoms with Gasteiger partial charge >= 0.3 is 0 Å². The zero-order valence-electron chi connectivity index (χ0n) is 46.8. The van der Waals surface area contributed by atoms with E-state index in [0.29, 0.717) is 11.8 Å². The van der Waals surface area contributed by atoms with E-state index in [1.165, 1.54) is 124 Å². The molecule has 1 fully saturated rings. The van der Waals surface area contributed by atoms with Crippen LogP contribution >= 0.6 is 0 Å². The van der Waals surface area contributed by atoms with Crippen LogP contribution in [0.25, 0.3) is 55.0 Å². The fourth-order valence-electron chi connectivity index (χ4n) is 11.1. The van der Waals surface area contributed by atoms with Crippen LogP contribution in [0.1, 0.15) is 152 Å². The van der Waals surface area contributed by atoms with Crippen LogP contribution in [0.2, 0.25) is 0 Å².